The Morgan fingerprint density at radius 3 is 2.45 bits per heavy atom. The van der Waals surface area contributed by atoms with Crippen LogP contribution in [0.1, 0.15) is 42.3 Å². The summed E-state index contributed by atoms with van der Waals surface area (Å²) in [6, 6.07) is 14.1. The van der Waals surface area contributed by atoms with Gasteiger partial charge in [0.1, 0.15) is 11.5 Å². The SMILES string of the molecule is CC(C)c1ccc(Cc2nc(-c3ccn(Cc4ccc(F)c(F)c4)n3)n[nH]2)cc1. The van der Waals surface area contributed by atoms with E-state index < -0.39 is 11.6 Å². The fourth-order valence-corrected chi connectivity index (χ4v) is 3.10. The second-order valence-electron chi connectivity index (χ2n) is 7.33. The number of rotatable bonds is 6. The summed E-state index contributed by atoms with van der Waals surface area (Å²) in [5.41, 5.74) is 3.70. The third kappa shape index (κ3) is 4.39. The lowest BCUT2D eigenvalue weighted by atomic mass is 10.0. The van der Waals surface area contributed by atoms with Crippen LogP contribution < -0.4 is 0 Å². The Kier molecular flexibility index (Phi) is 5.20. The first-order valence-corrected chi connectivity index (χ1v) is 9.46. The number of nitrogens with zero attached hydrogens (tertiary/aromatic N) is 4. The van der Waals surface area contributed by atoms with Gasteiger partial charge >= 0.3 is 0 Å². The molecule has 0 aliphatic rings. The molecule has 0 spiro atoms. The quantitative estimate of drug-likeness (QED) is 0.516. The minimum atomic E-state index is -0.866. The van der Waals surface area contributed by atoms with Crippen LogP contribution in [0.15, 0.2) is 54.7 Å². The zero-order valence-corrected chi connectivity index (χ0v) is 16.2. The molecule has 2 aromatic heterocycles. The van der Waals surface area contributed by atoms with Gasteiger partial charge in [-0.15, -0.1) is 0 Å². The Hall–Kier alpha value is -3.35. The fraction of sp³-hybridized carbons (Fsp3) is 0.227. The topological polar surface area (TPSA) is 59.4 Å². The smallest absolute Gasteiger partial charge is 0.201 e. The number of hydrogen-bond donors (Lipinski definition) is 1. The number of halogens is 2. The van der Waals surface area contributed by atoms with E-state index in [0.29, 0.717) is 36.0 Å². The minimum Gasteiger partial charge on any atom is -0.268 e. The summed E-state index contributed by atoms with van der Waals surface area (Å²) in [7, 11) is 0. The van der Waals surface area contributed by atoms with Crippen molar-refractivity contribution in [2.75, 3.05) is 0 Å². The molecule has 2 aromatic carbocycles. The molecule has 4 rings (SSSR count). The molecule has 29 heavy (non-hydrogen) atoms. The van der Waals surface area contributed by atoms with Gasteiger partial charge in [0.05, 0.1) is 6.54 Å². The van der Waals surface area contributed by atoms with Crippen molar-refractivity contribution in [3.8, 4) is 11.5 Å². The van der Waals surface area contributed by atoms with Gasteiger partial charge in [-0.3, -0.25) is 9.78 Å². The molecule has 0 radical (unpaired) electrons. The van der Waals surface area contributed by atoms with Crippen LogP contribution >= 0.6 is 0 Å². The zero-order valence-electron chi connectivity index (χ0n) is 16.2. The Labute approximate surface area is 167 Å². The van der Waals surface area contributed by atoms with Crippen LogP contribution in [0, 0.1) is 11.6 Å². The summed E-state index contributed by atoms with van der Waals surface area (Å²) in [4.78, 5) is 4.53. The van der Waals surface area contributed by atoms with E-state index in [4.69, 9.17) is 0 Å². The molecule has 1 N–H and O–H groups in total. The van der Waals surface area contributed by atoms with E-state index >= 15 is 0 Å². The van der Waals surface area contributed by atoms with Gasteiger partial charge in [-0.05, 0) is 40.8 Å². The van der Waals surface area contributed by atoms with Crippen LogP contribution in [0.4, 0.5) is 8.78 Å². The van der Waals surface area contributed by atoms with E-state index in [2.05, 4.69) is 58.4 Å². The van der Waals surface area contributed by atoms with E-state index in [0.717, 1.165) is 17.5 Å². The molecule has 0 bridgehead atoms. The molecule has 5 nitrogen and oxygen atoms in total. The first-order chi connectivity index (χ1) is 14.0. The number of aromatic nitrogens is 5. The Morgan fingerprint density at radius 2 is 1.72 bits per heavy atom. The maximum atomic E-state index is 13.4. The molecule has 0 atom stereocenters. The average molecular weight is 393 g/mol. The van der Waals surface area contributed by atoms with Crippen LogP contribution in [0.25, 0.3) is 11.5 Å². The van der Waals surface area contributed by atoms with E-state index in [1.54, 1.807) is 16.9 Å². The summed E-state index contributed by atoms with van der Waals surface area (Å²) in [6.07, 6.45) is 2.41. The lowest BCUT2D eigenvalue weighted by Crippen LogP contribution is -2.01. The average Bonchev–Trinajstić information content (AvgIpc) is 3.35. The molecular weight excluding hydrogens is 372 g/mol. The molecule has 0 amide bonds. The van der Waals surface area contributed by atoms with Crippen LogP contribution in [-0.2, 0) is 13.0 Å². The van der Waals surface area contributed by atoms with E-state index in [-0.39, 0.29) is 0 Å². The van der Waals surface area contributed by atoms with Crippen molar-refractivity contribution in [1.82, 2.24) is 25.0 Å². The number of H-pyrrole nitrogens is 1. The standard InChI is InChI=1S/C22H21F2N5/c1-14(2)17-6-3-15(4-7-17)12-21-25-22(27-26-21)20-9-10-29(28-20)13-16-5-8-18(23)19(24)11-16/h3-11,14H,12-13H2,1-2H3,(H,25,26,27). The summed E-state index contributed by atoms with van der Waals surface area (Å²) >= 11 is 0. The molecule has 7 heteroatoms. The second kappa shape index (κ2) is 7.95. The zero-order chi connectivity index (χ0) is 20.4. The minimum absolute atomic E-state index is 0.330. The number of aromatic amines is 1. The number of nitrogens with one attached hydrogen (secondary N) is 1. The molecule has 0 unspecified atom stereocenters. The highest BCUT2D eigenvalue weighted by Gasteiger charge is 2.11. The number of benzene rings is 2. The van der Waals surface area contributed by atoms with Crippen molar-refractivity contribution in [1.29, 1.82) is 0 Å². The third-order valence-corrected chi connectivity index (χ3v) is 4.75. The van der Waals surface area contributed by atoms with Crippen molar-refractivity contribution >= 4 is 0 Å². The maximum absolute atomic E-state index is 13.4. The van der Waals surface area contributed by atoms with Crippen molar-refractivity contribution in [2.45, 2.75) is 32.7 Å². The predicted octanol–water partition coefficient (Wildman–Crippen LogP) is 4.71. The predicted molar refractivity (Wildman–Crippen MR) is 106 cm³/mol. The van der Waals surface area contributed by atoms with E-state index in [1.165, 1.54) is 17.7 Å². The Morgan fingerprint density at radius 1 is 0.966 bits per heavy atom. The van der Waals surface area contributed by atoms with Gasteiger partial charge in [0.2, 0.25) is 5.82 Å². The van der Waals surface area contributed by atoms with E-state index in [9.17, 15) is 8.78 Å². The van der Waals surface area contributed by atoms with Gasteiger partial charge in [-0.25, -0.2) is 13.8 Å². The monoisotopic (exact) mass is 393 g/mol. The van der Waals surface area contributed by atoms with Crippen LogP contribution in [-0.4, -0.2) is 25.0 Å². The van der Waals surface area contributed by atoms with Gasteiger partial charge < -0.3 is 0 Å². The summed E-state index contributed by atoms with van der Waals surface area (Å²) in [5, 5.41) is 11.6. The lowest BCUT2D eigenvalue weighted by molar-refractivity contribution is 0.506. The van der Waals surface area contributed by atoms with Gasteiger partial charge in [-0.2, -0.15) is 10.2 Å². The van der Waals surface area contributed by atoms with Crippen LogP contribution in [0.5, 0.6) is 0 Å². The normalized spacial score (nSPS) is 11.3. The summed E-state index contributed by atoms with van der Waals surface area (Å²) < 4.78 is 28.1. The van der Waals surface area contributed by atoms with Crippen LogP contribution in [0.3, 0.4) is 0 Å². The van der Waals surface area contributed by atoms with Gasteiger partial charge in [0.25, 0.3) is 0 Å². The van der Waals surface area contributed by atoms with Crippen molar-refractivity contribution in [3.63, 3.8) is 0 Å². The molecule has 0 fully saturated rings. The first-order valence-electron chi connectivity index (χ1n) is 9.46. The molecule has 0 aliphatic carbocycles. The van der Waals surface area contributed by atoms with Crippen molar-refractivity contribution < 1.29 is 8.78 Å². The number of hydrogen-bond acceptors (Lipinski definition) is 3. The lowest BCUT2D eigenvalue weighted by Gasteiger charge is -2.05. The Bertz CT molecular complexity index is 1110. The molecule has 0 saturated heterocycles. The fourth-order valence-electron chi connectivity index (χ4n) is 3.10. The molecule has 148 valence electrons. The van der Waals surface area contributed by atoms with E-state index in [1.807, 2.05) is 0 Å². The highest BCUT2D eigenvalue weighted by atomic mass is 19.2. The largest absolute Gasteiger partial charge is 0.268 e. The van der Waals surface area contributed by atoms with Crippen LogP contribution in [0.2, 0.25) is 0 Å². The highest BCUT2D eigenvalue weighted by molar-refractivity contribution is 5.47. The molecular formula is C22H21F2N5. The Balaban J connectivity index is 1.45. The van der Waals surface area contributed by atoms with Crippen molar-refractivity contribution in [3.05, 3.63) is 88.9 Å². The molecule has 4 aromatic rings. The van der Waals surface area contributed by atoms with Crippen molar-refractivity contribution in [2.24, 2.45) is 0 Å². The first kappa shape index (κ1) is 19.0. The van der Waals surface area contributed by atoms with Gasteiger partial charge in [0, 0.05) is 12.6 Å². The second-order valence-corrected chi connectivity index (χ2v) is 7.33. The van der Waals surface area contributed by atoms with Gasteiger partial charge in [-0.1, -0.05) is 44.2 Å². The summed E-state index contributed by atoms with van der Waals surface area (Å²) in [6.45, 7) is 4.67. The third-order valence-electron chi connectivity index (χ3n) is 4.75. The summed E-state index contributed by atoms with van der Waals surface area (Å²) in [5.74, 6) is 0.0367. The molecule has 2 heterocycles. The molecule has 0 saturated carbocycles. The maximum Gasteiger partial charge on any atom is 0.201 e. The highest BCUT2D eigenvalue weighted by Crippen LogP contribution is 2.18. The van der Waals surface area contributed by atoms with Gasteiger partial charge in [0.15, 0.2) is 11.6 Å². The molecule has 0 aliphatic heterocycles.